The van der Waals surface area contributed by atoms with E-state index >= 15 is 0 Å². The van der Waals surface area contributed by atoms with Crippen LogP contribution in [-0.2, 0) is 21.4 Å². The Morgan fingerprint density at radius 3 is 2.16 bits per heavy atom. The molecule has 3 aromatic rings. The minimum Gasteiger partial charge on any atom is -0.480 e. The van der Waals surface area contributed by atoms with E-state index in [9.17, 15) is 28.9 Å². The number of aromatic nitrogens is 1. The lowest BCUT2D eigenvalue weighted by Crippen LogP contribution is -2.56. The fourth-order valence-electron chi connectivity index (χ4n) is 4.21. The maximum Gasteiger partial charge on any atom is 0.335 e. The third-order valence-corrected chi connectivity index (χ3v) is 7.60. The lowest BCUT2D eigenvalue weighted by Gasteiger charge is -2.39. The van der Waals surface area contributed by atoms with E-state index < -0.39 is 37.0 Å². The van der Waals surface area contributed by atoms with E-state index in [-0.39, 0.29) is 17.5 Å². The summed E-state index contributed by atoms with van der Waals surface area (Å²) in [5.41, 5.74) is -0.206. The second-order valence-electron chi connectivity index (χ2n) is 9.60. The van der Waals surface area contributed by atoms with Crippen LogP contribution in [0.4, 0.5) is 4.39 Å². The molecule has 1 heterocycles. The molecular formula is C29H31FNO5P. The van der Waals surface area contributed by atoms with Crippen LogP contribution >= 0.6 is 8.03 Å². The minimum atomic E-state index is -4.05. The standard InChI is InChI=1S/C29H31FNO5P/c1-19(2)16-17-29(27(32)33,37(35)36)28(34,18-21-10-12-23(30)13-11-21)25-15-14-24(20(3)4)26(31-25)22-8-6-5-7-9-22/h5-15,19-20,34,37H,18H2,1-4H3,(H,32,33)(H,35,36). The van der Waals surface area contributed by atoms with Crippen LogP contribution < -0.4 is 0 Å². The van der Waals surface area contributed by atoms with Gasteiger partial charge in [-0.3, -0.25) is 4.57 Å². The topological polar surface area (TPSA) is 108 Å². The molecule has 37 heavy (non-hydrogen) atoms. The molecular weight excluding hydrogens is 492 g/mol. The van der Waals surface area contributed by atoms with Gasteiger partial charge in [-0.25, -0.2) is 14.2 Å². The summed E-state index contributed by atoms with van der Waals surface area (Å²) in [4.78, 5) is 28.0. The highest BCUT2D eigenvalue weighted by atomic mass is 31.1. The number of hydrogen-bond donors (Lipinski definition) is 3. The van der Waals surface area contributed by atoms with Gasteiger partial charge in [-0.2, -0.15) is 0 Å². The molecule has 0 aliphatic heterocycles. The SMILES string of the molecule is CC(C)C#CC(C(=O)O)([PH](=O)O)C(O)(Cc1ccc(F)cc1)c1ccc(C(C)C)c(-c2ccccc2)n1. The van der Waals surface area contributed by atoms with E-state index in [0.717, 1.165) is 11.1 Å². The maximum atomic E-state index is 13.6. The first-order valence-corrected chi connectivity index (χ1v) is 13.3. The summed E-state index contributed by atoms with van der Waals surface area (Å²) < 4.78 is 26.6. The van der Waals surface area contributed by atoms with Crippen molar-refractivity contribution in [2.45, 2.75) is 50.8 Å². The molecule has 6 nitrogen and oxygen atoms in total. The zero-order valence-corrected chi connectivity index (χ0v) is 22.2. The number of carbonyl (C=O) groups is 1. The first-order valence-electron chi connectivity index (χ1n) is 12.0. The zero-order valence-electron chi connectivity index (χ0n) is 21.2. The molecule has 8 heteroatoms. The molecule has 0 aliphatic rings. The number of halogens is 1. The van der Waals surface area contributed by atoms with E-state index in [1.54, 1.807) is 19.9 Å². The van der Waals surface area contributed by atoms with Crippen LogP contribution in [0.3, 0.4) is 0 Å². The number of rotatable bonds is 8. The van der Waals surface area contributed by atoms with Crippen LogP contribution in [0.5, 0.6) is 0 Å². The highest BCUT2D eigenvalue weighted by Gasteiger charge is 2.62. The lowest BCUT2D eigenvalue weighted by atomic mass is 9.77. The average Bonchev–Trinajstić information content (AvgIpc) is 2.85. The quantitative estimate of drug-likeness (QED) is 0.270. The summed E-state index contributed by atoms with van der Waals surface area (Å²) >= 11 is 0. The van der Waals surface area contributed by atoms with Crippen LogP contribution in [0.15, 0.2) is 66.7 Å². The van der Waals surface area contributed by atoms with Gasteiger partial charge in [0.05, 0.1) is 11.4 Å². The van der Waals surface area contributed by atoms with E-state index in [1.165, 1.54) is 30.3 Å². The van der Waals surface area contributed by atoms with Gasteiger partial charge in [-0.15, -0.1) is 0 Å². The van der Waals surface area contributed by atoms with Gasteiger partial charge in [0.25, 0.3) is 0 Å². The van der Waals surface area contributed by atoms with Gasteiger partial charge in [0.15, 0.2) is 0 Å². The fourth-order valence-corrected chi connectivity index (χ4v) is 5.15. The molecule has 3 unspecified atom stereocenters. The van der Waals surface area contributed by atoms with Gasteiger partial charge < -0.3 is 15.1 Å². The highest BCUT2D eigenvalue weighted by molar-refractivity contribution is 7.42. The zero-order chi connectivity index (χ0) is 27.4. The van der Waals surface area contributed by atoms with Crippen LogP contribution in [0.1, 0.15) is 50.4 Å². The normalized spacial score (nSPS) is 15.4. The van der Waals surface area contributed by atoms with E-state index in [2.05, 4.69) is 11.8 Å². The van der Waals surface area contributed by atoms with Crippen molar-refractivity contribution in [1.82, 2.24) is 4.98 Å². The smallest absolute Gasteiger partial charge is 0.335 e. The predicted molar refractivity (Wildman–Crippen MR) is 142 cm³/mol. The molecule has 0 spiro atoms. The number of pyridine rings is 1. The van der Waals surface area contributed by atoms with Gasteiger partial charge >= 0.3 is 5.97 Å². The molecule has 0 aliphatic carbocycles. The second kappa shape index (κ2) is 11.4. The highest BCUT2D eigenvalue weighted by Crippen LogP contribution is 2.51. The molecule has 1 aromatic heterocycles. The number of aliphatic carboxylic acids is 1. The van der Waals surface area contributed by atoms with E-state index in [0.29, 0.717) is 11.3 Å². The second-order valence-corrected chi connectivity index (χ2v) is 11.0. The summed E-state index contributed by atoms with van der Waals surface area (Å²) in [6, 6.07) is 17.5. The lowest BCUT2D eigenvalue weighted by molar-refractivity contribution is -0.146. The Bertz CT molecular complexity index is 1330. The third kappa shape index (κ3) is 5.67. The largest absolute Gasteiger partial charge is 0.480 e. The molecule has 0 amide bonds. The molecule has 0 bridgehead atoms. The van der Waals surface area contributed by atoms with Crippen molar-refractivity contribution in [1.29, 1.82) is 0 Å². The van der Waals surface area contributed by atoms with Crippen molar-refractivity contribution < 1.29 is 28.9 Å². The van der Waals surface area contributed by atoms with Gasteiger partial charge in [-0.05, 0) is 35.2 Å². The molecule has 0 saturated carbocycles. The molecule has 2 aromatic carbocycles. The van der Waals surface area contributed by atoms with Gasteiger partial charge in [0.1, 0.15) is 11.4 Å². The van der Waals surface area contributed by atoms with Crippen LogP contribution in [-0.4, -0.2) is 31.2 Å². The molecule has 194 valence electrons. The number of nitrogens with zero attached hydrogens (tertiary/aromatic N) is 1. The van der Waals surface area contributed by atoms with Crippen molar-refractivity contribution in [2.75, 3.05) is 0 Å². The number of carboxylic acids is 1. The fraction of sp³-hybridized carbons (Fsp3) is 0.310. The summed E-state index contributed by atoms with van der Waals surface area (Å²) in [5.74, 6) is 2.60. The number of carboxylic acid groups (broad SMARTS) is 1. The van der Waals surface area contributed by atoms with Crippen molar-refractivity contribution in [3.63, 3.8) is 0 Å². The van der Waals surface area contributed by atoms with Crippen LogP contribution in [0.2, 0.25) is 0 Å². The van der Waals surface area contributed by atoms with Crippen LogP contribution in [0.25, 0.3) is 11.3 Å². The molecule has 3 rings (SSSR count). The Kier molecular flexibility index (Phi) is 8.71. The van der Waals surface area contributed by atoms with Crippen molar-refractivity contribution >= 4 is 14.0 Å². The Hall–Kier alpha value is -3.30. The van der Waals surface area contributed by atoms with Crippen LogP contribution in [0, 0.1) is 23.6 Å². The Morgan fingerprint density at radius 2 is 1.65 bits per heavy atom. The van der Waals surface area contributed by atoms with Gasteiger partial charge in [0.2, 0.25) is 13.2 Å². The number of hydrogen-bond acceptors (Lipinski definition) is 4. The maximum absolute atomic E-state index is 13.6. The molecule has 0 saturated heterocycles. The summed E-state index contributed by atoms with van der Waals surface area (Å²) in [5, 5.41) is 19.9. The molecule has 0 fully saturated rings. The first kappa shape index (κ1) is 28.3. The van der Waals surface area contributed by atoms with Crippen molar-refractivity contribution in [3.8, 4) is 23.1 Å². The van der Waals surface area contributed by atoms with Crippen molar-refractivity contribution in [2.24, 2.45) is 5.92 Å². The molecule has 3 N–H and O–H groups in total. The summed E-state index contributed by atoms with van der Waals surface area (Å²) in [6.45, 7) is 7.37. The summed E-state index contributed by atoms with van der Waals surface area (Å²) in [6.07, 6.45) is -0.439. The molecule has 3 atom stereocenters. The molecule has 0 radical (unpaired) electrons. The van der Waals surface area contributed by atoms with Gasteiger partial charge in [0, 0.05) is 17.9 Å². The number of aliphatic hydroxyl groups is 1. The van der Waals surface area contributed by atoms with E-state index in [4.69, 9.17) is 4.98 Å². The number of benzene rings is 2. The first-order chi connectivity index (χ1) is 17.4. The Labute approximate surface area is 217 Å². The average molecular weight is 524 g/mol. The van der Waals surface area contributed by atoms with E-state index in [1.807, 2.05) is 44.2 Å². The predicted octanol–water partition coefficient (Wildman–Crippen LogP) is 5.39. The van der Waals surface area contributed by atoms with Gasteiger partial charge in [-0.1, -0.05) is 88.1 Å². The third-order valence-electron chi connectivity index (χ3n) is 6.20. The Balaban J connectivity index is 2.41. The monoisotopic (exact) mass is 523 g/mol. The minimum absolute atomic E-state index is 0.0453. The Morgan fingerprint density at radius 1 is 1.03 bits per heavy atom. The summed E-state index contributed by atoms with van der Waals surface area (Å²) in [7, 11) is -4.05. The van der Waals surface area contributed by atoms with Crippen molar-refractivity contribution in [3.05, 3.63) is 89.4 Å².